The lowest BCUT2D eigenvalue weighted by atomic mass is 9.73. The van der Waals surface area contributed by atoms with E-state index < -0.39 is 60.2 Å². The first-order valence-corrected chi connectivity index (χ1v) is 9.20. The summed E-state index contributed by atoms with van der Waals surface area (Å²) >= 11 is 0. The van der Waals surface area contributed by atoms with E-state index in [0.717, 1.165) is 4.90 Å². The van der Waals surface area contributed by atoms with Crippen molar-refractivity contribution >= 4 is 23.4 Å². The molecule has 0 aromatic heterocycles. The summed E-state index contributed by atoms with van der Waals surface area (Å²) in [4.78, 5) is 38.4. The average Bonchev–Trinajstić information content (AvgIpc) is 2.72. The number of ether oxygens (including phenoxy) is 2. The van der Waals surface area contributed by atoms with Crippen molar-refractivity contribution in [2.45, 2.75) is 33.1 Å². The Bertz CT molecular complexity index is 828. The molecule has 0 aliphatic carbocycles. The van der Waals surface area contributed by atoms with Crippen LogP contribution in [0.1, 0.15) is 20.3 Å². The number of esters is 2. The van der Waals surface area contributed by atoms with Crippen molar-refractivity contribution in [3.63, 3.8) is 0 Å². The molecule has 164 valence electrons. The number of halogens is 4. The lowest BCUT2D eigenvalue weighted by molar-refractivity contribution is -0.164. The smallest absolute Gasteiger partial charge is 0.336 e. The fourth-order valence-electron chi connectivity index (χ4n) is 3.33. The molecular weight excluding hydrogens is 410 g/mol. The van der Waals surface area contributed by atoms with Gasteiger partial charge in [-0.25, -0.2) is 22.4 Å². The number of nitrogens with zero attached hydrogens (tertiary/aromatic N) is 1. The Balaban J connectivity index is 2.78. The summed E-state index contributed by atoms with van der Waals surface area (Å²) in [7, 11) is 0. The van der Waals surface area contributed by atoms with E-state index in [9.17, 15) is 31.9 Å². The number of carbonyl (C=O) groups is 3. The summed E-state index contributed by atoms with van der Waals surface area (Å²) in [5, 5.41) is 0. The fourth-order valence-corrected chi connectivity index (χ4v) is 3.33. The van der Waals surface area contributed by atoms with Crippen LogP contribution in [0.3, 0.4) is 0 Å². The standard InChI is InChI=1S/C20H21F4NO5/c1-3-29-18(27)13-10-20(15(26)17(23)24,19(28)30-4-2)11-25(14(13)16(21)22)12-8-6-5-7-9-12/h5-9,16-17H,3-4,10-11H2,1-2H3. The predicted molar refractivity (Wildman–Crippen MR) is 98.1 cm³/mol. The summed E-state index contributed by atoms with van der Waals surface area (Å²) in [6.45, 7) is 1.59. The molecule has 2 rings (SSSR count). The van der Waals surface area contributed by atoms with Gasteiger partial charge >= 0.3 is 11.9 Å². The van der Waals surface area contributed by atoms with E-state index in [4.69, 9.17) is 9.47 Å². The van der Waals surface area contributed by atoms with Crippen LogP contribution in [0.2, 0.25) is 0 Å². The Morgan fingerprint density at radius 3 is 2.13 bits per heavy atom. The van der Waals surface area contributed by atoms with Gasteiger partial charge in [0.05, 0.1) is 24.5 Å². The normalized spacial score (nSPS) is 19.3. The van der Waals surface area contributed by atoms with E-state index in [1.165, 1.54) is 38.1 Å². The van der Waals surface area contributed by atoms with E-state index >= 15 is 0 Å². The van der Waals surface area contributed by atoms with Gasteiger partial charge in [0.2, 0.25) is 5.78 Å². The highest BCUT2D eigenvalue weighted by Crippen LogP contribution is 2.43. The molecule has 1 aliphatic rings. The minimum absolute atomic E-state index is 0.0880. The number of carbonyl (C=O) groups excluding carboxylic acids is 3. The molecule has 1 aliphatic heterocycles. The van der Waals surface area contributed by atoms with E-state index in [0.29, 0.717) is 0 Å². The summed E-state index contributed by atoms with van der Waals surface area (Å²) in [5.74, 6) is -4.34. The van der Waals surface area contributed by atoms with Crippen LogP contribution >= 0.6 is 0 Å². The maximum Gasteiger partial charge on any atom is 0.336 e. The van der Waals surface area contributed by atoms with Crippen LogP contribution < -0.4 is 4.90 Å². The molecular formula is C20H21F4NO5. The Morgan fingerprint density at radius 2 is 1.63 bits per heavy atom. The number of anilines is 1. The van der Waals surface area contributed by atoms with Crippen LogP contribution in [-0.2, 0) is 23.9 Å². The molecule has 0 amide bonds. The number of para-hydroxylation sites is 1. The SMILES string of the molecule is CCOC(=O)C1=C(C(F)F)N(c2ccccc2)CC(C(=O)OCC)(C(=O)C(F)F)C1. The number of ketones is 1. The molecule has 30 heavy (non-hydrogen) atoms. The molecule has 10 heteroatoms. The third-order valence-electron chi connectivity index (χ3n) is 4.64. The van der Waals surface area contributed by atoms with Crippen LogP contribution in [0, 0.1) is 5.41 Å². The summed E-state index contributed by atoms with van der Waals surface area (Å²) < 4.78 is 64.6. The molecule has 0 saturated carbocycles. The summed E-state index contributed by atoms with van der Waals surface area (Å²) in [6, 6.07) is 7.36. The summed E-state index contributed by atoms with van der Waals surface area (Å²) in [6.07, 6.45) is -7.76. The first-order valence-electron chi connectivity index (χ1n) is 9.20. The Labute approximate surface area is 170 Å². The molecule has 0 saturated heterocycles. The molecule has 0 N–H and O–H groups in total. The zero-order valence-corrected chi connectivity index (χ0v) is 16.4. The van der Waals surface area contributed by atoms with E-state index in [1.54, 1.807) is 6.07 Å². The lowest BCUT2D eigenvalue weighted by Gasteiger charge is -2.42. The van der Waals surface area contributed by atoms with Gasteiger partial charge in [0.15, 0.2) is 5.41 Å². The monoisotopic (exact) mass is 431 g/mol. The largest absolute Gasteiger partial charge is 0.465 e. The number of rotatable bonds is 8. The Morgan fingerprint density at radius 1 is 1.03 bits per heavy atom. The zero-order valence-electron chi connectivity index (χ0n) is 16.4. The number of allylic oxidation sites excluding steroid dienone is 1. The minimum atomic E-state index is -3.58. The maximum atomic E-state index is 14.0. The van der Waals surface area contributed by atoms with Crippen molar-refractivity contribution in [3.8, 4) is 0 Å². The second-order valence-corrected chi connectivity index (χ2v) is 6.45. The van der Waals surface area contributed by atoms with Crippen molar-refractivity contribution < 1.29 is 41.4 Å². The molecule has 1 atom stereocenters. The van der Waals surface area contributed by atoms with E-state index in [-0.39, 0.29) is 18.9 Å². The number of benzene rings is 1. The van der Waals surface area contributed by atoms with Gasteiger partial charge in [-0.15, -0.1) is 0 Å². The number of hydrogen-bond donors (Lipinski definition) is 0. The topological polar surface area (TPSA) is 72.9 Å². The Kier molecular flexibility index (Phi) is 7.58. The Hall–Kier alpha value is -2.91. The predicted octanol–water partition coefficient (Wildman–Crippen LogP) is 3.36. The summed E-state index contributed by atoms with van der Waals surface area (Å²) in [5.41, 5.74) is -3.99. The first-order chi connectivity index (χ1) is 14.2. The molecule has 6 nitrogen and oxygen atoms in total. The van der Waals surface area contributed by atoms with Gasteiger partial charge in [-0.2, -0.15) is 0 Å². The van der Waals surface area contributed by atoms with Gasteiger partial charge < -0.3 is 14.4 Å². The second kappa shape index (κ2) is 9.73. The minimum Gasteiger partial charge on any atom is -0.465 e. The second-order valence-electron chi connectivity index (χ2n) is 6.45. The highest BCUT2D eigenvalue weighted by molar-refractivity contribution is 6.08. The molecule has 1 aromatic carbocycles. The lowest BCUT2D eigenvalue weighted by Crippen LogP contribution is -2.56. The van der Waals surface area contributed by atoms with Crippen LogP contribution in [0.15, 0.2) is 41.6 Å². The van der Waals surface area contributed by atoms with Crippen LogP contribution in [0.4, 0.5) is 23.2 Å². The third-order valence-corrected chi connectivity index (χ3v) is 4.64. The highest BCUT2D eigenvalue weighted by atomic mass is 19.3. The van der Waals surface area contributed by atoms with Gasteiger partial charge in [0.1, 0.15) is 0 Å². The van der Waals surface area contributed by atoms with Crippen LogP contribution in [-0.4, -0.2) is 50.3 Å². The molecule has 0 radical (unpaired) electrons. The average molecular weight is 431 g/mol. The molecule has 1 unspecified atom stereocenters. The van der Waals surface area contributed by atoms with Gasteiger partial charge in [-0.3, -0.25) is 9.59 Å². The number of hydrogen-bond acceptors (Lipinski definition) is 6. The molecule has 0 spiro atoms. The quantitative estimate of drug-likeness (QED) is 0.357. The number of alkyl halides is 4. The van der Waals surface area contributed by atoms with E-state index in [2.05, 4.69) is 0 Å². The van der Waals surface area contributed by atoms with Gasteiger partial charge in [0, 0.05) is 18.7 Å². The fraction of sp³-hybridized carbons (Fsp3) is 0.450. The highest BCUT2D eigenvalue weighted by Gasteiger charge is 2.57. The van der Waals surface area contributed by atoms with Gasteiger partial charge in [-0.05, 0) is 26.0 Å². The van der Waals surface area contributed by atoms with E-state index in [1.807, 2.05) is 0 Å². The molecule has 0 fully saturated rings. The van der Waals surface area contributed by atoms with Crippen molar-refractivity contribution in [3.05, 3.63) is 41.6 Å². The van der Waals surface area contributed by atoms with Crippen molar-refractivity contribution in [1.29, 1.82) is 0 Å². The zero-order chi connectivity index (χ0) is 22.5. The van der Waals surface area contributed by atoms with Crippen molar-refractivity contribution in [2.24, 2.45) is 5.41 Å². The molecule has 1 heterocycles. The number of Topliss-reactive ketones (excluding diaryl/α,β-unsaturated/α-hetero) is 1. The first kappa shape index (κ1) is 23.4. The third kappa shape index (κ3) is 4.47. The van der Waals surface area contributed by atoms with Crippen LogP contribution in [0.25, 0.3) is 0 Å². The maximum absolute atomic E-state index is 14.0. The van der Waals surface area contributed by atoms with Crippen molar-refractivity contribution in [1.82, 2.24) is 0 Å². The van der Waals surface area contributed by atoms with Gasteiger partial charge in [0.25, 0.3) is 12.9 Å². The van der Waals surface area contributed by atoms with Gasteiger partial charge in [-0.1, -0.05) is 18.2 Å². The molecule has 1 aromatic rings. The molecule has 0 bridgehead atoms. The van der Waals surface area contributed by atoms with Crippen LogP contribution in [0.5, 0.6) is 0 Å². The van der Waals surface area contributed by atoms with Crippen molar-refractivity contribution in [2.75, 3.05) is 24.7 Å².